The Bertz CT molecular complexity index is 413. The molecule has 0 radical (unpaired) electrons. The lowest BCUT2D eigenvalue weighted by Crippen LogP contribution is -2.20. The topological polar surface area (TPSA) is 68.5 Å². The van der Waals surface area contributed by atoms with E-state index in [4.69, 9.17) is 9.26 Å². The minimum absolute atomic E-state index is 0.277. The molecule has 1 aromatic rings. The van der Waals surface area contributed by atoms with Crippen LogP contribution in [-0.2, 0) is 9.53 Å². The summed E-state index contributed by atoms with van der Waals surface area (Å²) in [5.74, 6) is 0.259. The van der Waals surface area contributed by atoms with Crippen LogP contribution in [0.2, 0.25) is 0 Å². The summed E-state index contributed by atoms with van der Waals surface area (Å²) in [4.78, 5) is 18.3. The Hall–Kier alpha value is -1.59. The number of rotatable bonds is 6. The summed E-state index contributed by atoms with van der Waals surface area (Å²) in [5.41, 5.74) is 0. The number of carbonyl (C=O) groups excluding carboxylic acids is 1. The van der Waals surface area contributed by atoms with Crippen molar-refractivity contribution >= 4 is 11.9 Å². The second-order valence-electron chi connectivity index (χ2n) is 4.72. The average molecular weight is 267 g/mol. The minimum Gasteiger partial charge on any atom is -0.465 e. The first-order valence-electron chi connectivity index (χ1n) is 7.01. The molecule has 1 aromatic heterocycles. The molecule has 0 saturated carbocycles. The zero-order valence-corrected chi connectivity index (χ0v) is 11.6. The Morgan fingerprint density at radius 3 is 2.79 bits per heavy atom. The monoisotopic (exact) mass is 267 g/mol. The van der Waals surface area contributed by atoms with Crippen molar-refractivity contribution in [1.29, 1.82) is 0 Å². The lowest BCUT2D eigenvalue weighted by atomic mass is 10.0. The third kappa shape index (κ3) is 3.24. The molecule has 1 saturated heterocycles. The van der Waals surface area contributed by atoms with Crippen molar-refractivity contribution in [3.05, 3.63) is 5.89 Å². The molecule has 1 atom stereocenters. The number of ether oxygens (including phenoxy) is 1. The van der Waals surface area contributed by atoms with Gasteiger partial charge in [0.05, 0.1) is 6.61 Å². The van der Waals surface area contributed by atoms with Gasteiger partial charge in [-0.25, -0.2) is 0 Å². The quantitative estimate of drug-likeness (QED) is 0.735. The first-order chi connectivity index (χ1) is 9.26. The van der Waals surface area contributed by atoms with Crippen LogP contribution in [0.4, 0.5) is 5.95 Å². The molecule has 19 heavy (non-hydrogen) atoms. The third-order valence-electron chi connectivity index (χ3n) is 3.27. The summed E-state index contributed by atoms with van der Waals surface area (Å²) in [6.07, 6.45) is 3.84. The van der Waals surface area contributed by atoms with E-state index in [1.807, 2.05) is 6.92 Å². The van der Waals surface area contributed by atoms with E-state index in [0.29, 0.717) is 24.9 Å². The van der Waals surface area contributed by atoms with E-state index in [1.165, 1.54) is 0 Å². The molecule has 2 rings (SSSR count). The van der Waals surface area contributed by atoms with Crippen molar-refractivity contribution in [3.8, 4) is 0 Å². The molecular formula is C13H21N3O3. The molecule has 1 unspecified atom stereocenters. The predicted octanol–water partition coefficient (Wildman–Crippen LogP) is 2.12. The highest BCUT2D eigenvalue weighted by molar-refractivity contribution is 5.76. The molecule has 0 spiro atoms. The molecule has 0 bridgehead atoms. The normalized spacial score (nSPS) is 16.6. The number of carbonyl (C=O) groups is 1. The first-order valence-corrected chi connectivity index (χ1v) is 7.01. The second-order valence-corrected chi connectivity index (χ2v) is 4.72. The molecule has 1 aliphatic heterocycles. The molecule has 0 N–H and O–H groups in total. The van der Waals surface area contributed by atoms with E-state index in [2.05, 4.69) is 15.0 Å². The standard InChI is InChI=1S/C13H21N3O3/c1-3-7-10(12(17)18-4-2)11-14-13(15-19-11)16-8-5-6-9-16/h10H,3-9H2,1-2H3. The van der Waals surface area contributed by atoms with Gasteiger partial charge in [-0.3, -0.25) is 4.79 Å². The van der Waals surface area contributed by atoms with E-state index >= 15 is 0 Å². The number of aromatic nitrogens is 2. The summed E-state index contributed by atoms with van der Waals surface area (Å²) in [6.45, 7) is 6.09. The van der Waals surface area contributed by atoms with Crippen LogP contribution >= 0.6 is 0 Å². The van der Waals surface area contributed by atoms with Crippen LogP contribution in [0, 0.1) is 0 Å². The maximum absolute atomic E-state index is 11.9. The fourth-order valence-corrected chi connectivity index (χ4v) is 2.29. The number of hydrogen-bond donors (Lipinski definition) is 0. The van der Waals surface area contributed by atoms with E-state index in [-0.39, 0.29) is 5.97 Å². The van der Waals surface area contributed by atoms with Gasteiger partial charge in [-0.05, 0) is 31.3 Å². The summed E-state index contributed by atoms with van der Waals surface area (Å²) < 4.78 is 10.3. The van der Waals surface area contributed by atoms with Gasteiger partial charge in [0.15, 0.2) is 0 Å². The van der Waals surface area contributed by atoms with Gasteiger partial charge in [-0.2, -0.15) is 4.98 Å². The van der Waals surface area contributed by atoms with Crippen molar-refractivity contribution in [3.63, 3.8) is 0 Å². The molecule has 6 nitrogen and oxygen atoms in total. The number of esters is 1. The van der Waals surface area contributed by atoms with Crippen molar-refractivity contribution in [1.82, 2.24) is 10.1 Å². The van der Waals surface area contributed by atoms with Crippen LogP contribution in [0.5, 0.6) is 0 Å². The third-order valence-corrected chi connectivity index (χ3v) is 3.27. The molecule has 1 aliphatic rings. The predicted molar refractivity (Wildman–Crippen MR) is 70.0 cm³/mol. The first kappa shape index (κ1) is 13.8. The molecule has 2 heterocycles. The SMILES string of the molecule is CCCC(C(=O)OCC)c1nc(N2CCCC2)no1. The zero-order chi connectivity index (χ0) is 13.7. The van der Waals surface area contributed by atoms with E-state index in [0.717, 1.165) is 32.4 Å². The number of anilines is 1. The van der Waals surface area contributed by atoms with Crippen LogP contribution in [0.25, 0.3) is 0 Å². The van der Waals surface area contributed by atoms with Gasteiger partial charge in [0.25, 0.3) is 5.95 Å². The number of nitrogens with zero attached hydrogens (tertiary/aromatic N) is 3. The lowest BCUT2D eigenvalue weighted by molar-refractivity contribution is -0.145. The van der Waals surface area contributed by atoms with E-state index in [1.54, 1.807) is 6.92 Å². The van der Waals surface area contributed by atoms with Crippen LogP contribution in [0.3, 0.4) is 0 Å². The van der Waals surface area contributed by atoms with Crippen LogP contribution in [-0.4, -0.2) is 35.8 Å². The van der Waals surface area contributed by atoms with Gasteiger partial charge in [0.1, 0.15) is 5.92 Å². The van der Waals surface area contributed by atoms with Crippen molar-refractivity contribution < 1.29 is 14.1 Å². The van der Waals surface area contributed by atoms with Gasteiger partial charge >= 0.3 is 5.97 Å². The van der Waals surface area contributed by atoms with Crippen molar-refractivity contribution in [2.75, 3.05) is 24.6 Å². The molecule has 0 aliphatic carbocycles. The maximum atomic E-state index is 11.9. The summed E-state index contributed by atoms with van der Waals surface area (Å²) >= 11 is 0. The fraction of sp³-hybridized carbons (Fsp3) is 0.769. The Kier molecular flexibility index (Phi) is 4.76. The molecule has 1 fully saturated rings. The number of hydrogen-bond acceptors (Lipinski definition) is 6. The summed E-state index contributed by atoms with van der Waals surface area (Å²) in [6, 6.07) is 0. The smallest absolute Gasteiger partial charge is 0.318 e. The zero-order valence-electron chi connectivity index (χ0n) is 11.6. The highest BCUT2D eigenvalue weighted by atomic mass is 16.5. The Labute approximate surface area is 113 Å². The largest absolute Gasteiger partial charge is 0.465 e. The van der Waals surface area contributed by atoms with Gasteiger partial charge in [-0.15, -0.1) is 0 Å². The highest BCUT2D eigenvalue weighted by Gasteiger charge is 2.28. The second kappa shape index (κ2) is 6.54. The average Bonchev–Trinajstić information content (AvgIpc) is 3.06. The van der Waals surface area contributed by atoms with Crippen LogP contribution in [0.1, 0.15) is 51.3 Å². The van der Waals surface area contributed by atoms with Gasteiger partial charge in [-0.1, -0.05) is 13.3 Å². The van der Waals surface area contributed by atoms with Gasteiger partial charge in [0.2, 0.25) is 5.89 Å². The van der Waals surface area contributed by atoms with Gasteiger partial charge < -0.3 is 14.2 Å². The fourth-order valence-electron chi connectivity index (χ4n) is 2.29. The highest BCUT2D eigenvalue weighted by Crippen LogP contribution is 2.24. The van der Waals surface area contributed by atoms with Crippen molar-refractivity contribution in [2.24, 2.45) is 0 Å². The Morgan fingerprint density at radius 1 is 1.42 bits per heavy atom. The van der Waals surface area contributed by atoms with Crippen LogP contribution < -0.4 is 4.90 Å². The molecule has 106 valence electrons. The molecule has 6 heteroatoms. The Morgan fingerprint density at radius 2 is 2.16 bits per heavy atom. The summed E-state index contributed by atoms with van der Waals surface area (Å²) in [7, 11) is 0. The van der Waals surface area contributed by atoms with Crippen LogP contribution in [0.15, 0.2) is 4.52 Å². The lowest BCUT2D eigenvalue weighted by Gasteiger charge is -2.11. The molecule has 0 aromatic carbocycles. The summed E-state index contributed by atoms with van der Waals surface area (Å²) in [5, 5.41) is 3.98. The Balaban J connectivity index is 2.10. The van der Waals surface area contributed by atoms with Gasteiger partial charge in [0, 0.05) is 13.1 Å². The van der Waals surface area contributed by atoms with Crippen molar-refractivity contribution in [2.45, 2.75) is 45.4 Å². The molecular weight excluding hydrogens is 246 g/mol. The minimum atomic E-state index is -0.436. The van der Waals surface area contributed by atoms with E-state index < -0.39 is 5.92 Å². The molecule has 0 amide bonds. The van der Waals surface area contributed by atoms with E-state index in [9.17, 15) is 4.79 Å². The maximum Gasteiger partial charge on any atom is 0.318 e.